The fourth-order valence-electron chi connectivity index (χ4n) is 4.06. The number of piperazine rings is 1. The van der Waals surface area contributed by atoms with Crippen LogP contribution in [0.4, 0.5) is 0 Å². The molecule has 2 aromatic carbocycles. The van der Waals surface area contributed by atoms with E-state index in [4.69, 9.17) is 16.3 Å². The van der Waals surface area contributed by atoms with Crippen LogP contribution in [0.1, 0.15) is 27.9 Å². The van der Waals surface area contributed by atoms with Crippen LogP contribution in [0.3, 0.4) is 0 Å². The van der Waals surface area contributed by atoms with Gasteiger partial charge in [0.15, 0.2) is 0 Å². The van der Waals surface area contributed by atoms with Crippen LogP contribution in [0.5, 0.6) is 0 Å². The summed E-state index contributed by atoms with van der Waals surface area (Å²) in [7, 11) is 2.16. The van der Waals surface area contributed by atoms with Crippen molar-refractivity contribution in [1.29, 1.82) is 0 Å². The lowest BCUT2D eigenvalue weighted by Gasteiger charge is -2.40. The number of rotatable bonds is 4. The minimum Gasteiger partial charge on any atom is -0.450 e. The third kappa shape index (κ3) is 4.36. The molecule has 2 aliphatic heterocycles. The van der Waals surface area contributed by atoms with Gasteiger partial charge in [-0.25, -0.2) is 4.79 Å². The molecule has 0 radical (unpaired) electrons. The molecule has 2 aliphatic rings. The van der Waals surface area contributed by atoms with E-state index in [1.165, 1.54) is 0 Å². The first-order valence-corrected chi connectivity index (χ1v) is 9.92. The summed E-state index contributed by atoms with van der Waals surface area (Å²) in [5.74, 6) is -0.231. The predicted octanol–water partition coefficient (Wildman–Crippen LogP) is 4.01. The van der Waals surface area contributed by atoms with E-state index in [1.54, 1.807) is 0 Å². The standard InChI is InChI=1S/C22H25ClN2O2.ClH/c1-24-12-14-25(15-13-24)11-10-22(18-6-8-19(23)9-7-18)16-17-4-2-3-5-20(17)21(26)27-22;/h2-9H,10-16H2,1H3;1H. The molecular weight excluding hydrogens is 395 g/mol. The van der Waals surface area contributed by atoms with Crippen molar-refractivity contribution in [3.8, 4) is 0 Å². The van der Waals surface area contributed by atoms with Crippen molar-refractivity contribution in [2.45, 2.75) is 18.4 Å². The summed E-state index contributed by atoms with van der Waals surface area (Å²) < 4.78 is 6.12. The molecule has 0 aromatic heterocycles. The molecule has 2 heterocycles. The van der Waals surface area contributed by atoms with Gasteiger partial charge in [0, 0.05) is 50.6 Å². The summed E-state index contributed by atoms with van der Waals surface area (Å²) in [6.07, 6.45) is 1.47. The Hall–Kier alpha value is -1.59. The van der Waals surface area contributed by atoms with Gasteiger partial charge >= 0.3 is 5.97 Å². The first-order chi connectivity index (χ1) is 13.1. The van der Waals surface area contributed by atoms with E-state index < -0.39 is 5.60 Å². The smallest absolute Gasteiger partial charge is 0.339 e. The average molecular weight is 421 g/mol. The summed E-state index contributed by atoms with van der Waals surface area (Å²) >= 11 is 6.10. The van der Waals surface area contributed by atoms with Gasteiger partial charge in [-0.2, -0.15) is 0 Å². The van der Waals surface area contributed by atoms with Crippen LogP contribution in [0.2, 0.25) is 5.02 Å². The second-order valence-corrected chi connectivity index (χ2v) is 8.06. The van der Waals surface area contributed by atoms with Crippen LogP contribution in [-0.4, -0.2) is 55.5 Å². The molecule has 150 valence electrons. The minimum absolute atomic E-state index is 0. The van der Waals surface area contributed by atoms with E-state index in [9.17, 15) is 4.79 Å². The fourth-order valence-corrected chi connectivity index (χ4v) is 4.18. The van der Waals surface area contributed by atoms with Gasteiger partial charge in [-0.1, -0.05) is 41.9 Å². The van der Waals surface area contributed by atoms with Crippen molar-refractivity contribution in [2.75, 3.05) is 39.8 Å². The van der Waals surface area contributed by atoms with Crippen LogP contribution < -0.4 is 0 Å². The zero-order valence-corrected chi connectivity index (χ0v) is 17.6. The Labute approximate surface area is 177 Å². The number of nitrogens with zero attached hydrogens (tertiary/aromatic N) is 2. The van der Waals surface area contributed by atoms with Gasteiger partial charge in [-0.15, -0.1) is 12.4 Å². The van der Waals surface area contributed by atoms with Crippen LogP contribution >= 0.6 is 24.0 Å². The molecule has 0 saturated carbocycles. The highest BCUT2D eigenvalue weighted by atomic mass is 35.5. The zero-order valence-electron chi connectivity index (χ0n) is 16.1. The van der Waals surface area contributed by atoms with Crippen molar-refractivity contribution in [1.82, 2.24) is 9.80 Å². The third-order valence-corrected chi connectivity index (χ3v) is 6.05. The molecule has 0 N–H and O–H groups in total. The number of benzene rings is 2. The summed E-state index contributed by atoms with van der Waals surface area (Å²) in [5.41, 5.74) is 2.12. The van der Waals surface area contributed by atoms with E-state index in [0.717, 1.165) is 50.3 Å². The van der Waals surface area contributed by atoms with Crippen LogP contribution in [0.25, 0.3) is 0 Å². The number of likely N-dealkylation sites (N-methyl/N-ethyl adjacent to an activating group) is 1. The third-order valence-electron chi connectivity index (χ3n) is 5.80. The lowest BCUT2D eigenvalue weighted by Crippen LogP contribution is -2.47. The predicted molar refractivity (Wildman–Crippen MR) is 114 cm³/mol. The highest BCUT2D eigenvalue weighted by molar-refractivity contribution is 6.30. The van der Waals surface area contributed by atoms with Crippen molar-refractivity contribution in [2.24, 2.45) is 0 Å². The number of hydrogen-bond donors (Lipinski definition) is 0. The monoisotopic (exact) mass is 420 g/mol. The number of fused-ring (bicyclic) bond motifs is 1. The Balaban J connectivity index is 0.00000225. The van der Waals surface area contributed by atoms with E-state index in [2.05, 4.69) is 16.8 Å². The summed E-state index contributed by atoms with van der Waals surface area (Å²) in [6.45, 7) is 5.18. The Kier molecular flexibility index (Phi) is 6.66. The maximum Gasteiger partial charge on any atom is 0.339 e. The van der Waals surface area contributed by atoms with E-state index in [-0.39, 0.29) is 18.4 Å². The number of esters is 1. The molecule has 1 unspecified atom stereocenters. The Bertz CT molecular complexity index is 820. The molecular formula is C22H26Cl2N2O2. The van der Waals surface area contributed by atoms with Gasteiger partial charge in [0.2, 0.25) is 0 Å². The van der Waals surface area contributed by atoms with Crippen LogP contribution in [-0.2, 0) is 16.8 Å². The Morgan fingerprint density at radius 2 is 1.71 bits per heavy atom. The molecule has 0 amide bonds. The lowest BCUT2D eigenvalue weighted by atomic mass is 9.80. The van der Waals surface area contributed by atoms with Crippen molar-refractivity contribution < 1.29 is 9.53 Å². The van der Waals surface area contributed by atoms with Gasteiger partial charge in [0.05, 0.1) is 5.56 Å². The summed E-state index contributed by atoms with van der Waals surface area (Å²) in [6, 6.07) is 15.5. The van der Waals surface area contributed by atoms with Crippen molar-refractivity contribution in [3.63, 3.8) is 0 Å². The number of cyclic esters (lactones) is 1. The van der Waals surface area contributed by atoms with Gasteiger partial charge < -0.3 is 14.5 Å². The molecule has 2 aromatic rings. The number of ether oxygens (including phenoxy) is 1. The number of carbonyl (C=O) groups excluding carboxylic acids is 1. The largest absolute Gasteiger partial charge is 0.450 e. The first kappa shape index (κ1) is 21.1. The quantitative estimate of drug-likeness (QED) is 0.699. The topological polar surface area (TPSA) is 32.8 Å². The summed E-state index contributed by atoms with van der Waals surface area (Å²) in [5, 5.41) is 0.690. The molecule has 1 fully saturated rings. The van der Waals surface area contributed by atoms with Gasteiger partial charge in [-0.05, 0) is 36.4 Å². The van der Waals surface area contributed by atoms with Gasteiger partial charge in [0.25, 0.3) is 0 Å². The molecule has 0 spiro atoms. The number of halogens is 2. The summed E-state index contributed by atoms with van der Waals surface area (Å²) in [4.78, 5) is 17.6. The molecule has 4 rings (SSSR count). The van der Waals surface area contributed by atoms with E-state index in [0.29, 0.717) is 17.0 Å². The molecule has 0 bridgehead atoms. The molecule has 1 saturated heterocycles. The molecule has 0 aliphatic carbocycles. The second kappa shape index (κ2) is 8.83. The molecule has 28 heavy (non-hydrogen) atoms. The van der Waals surface area contributed by atoms with Crippen LogP contribution in [0, 0.1) is 0 Å². The van der Waals surface area contributed by atoms with Crippen molar-refractivity contribution in [3.05, 3.63) is 70.2 Å². The average Bonchev–Trinajstić information content (AvgIpc) is 2.68. The molecule has 6 heteroatoms. The van der Waals surface area contributed by atoms with E-state index in [1.807, 2.05) is 48.5 Å². The highest BCUT2D eigenvalue weighted by Crippen LogP contribution is 2.39. The molecule has 1 atom stereocenters. The SMILES string of the molecule is CN1CCN(CCC2(c3ccc(Cl)cc3)Cc3ccccc3C(=O)O2)CC1.Cl. The zero-order chi connectivity index (χ0) is 18.9. The lowest BCUT2D eigenvalue weighted by molar-refractivity contribution is -0.0383. The number of hydrogen-bond acceptors (Lipinski definition) is 4. The maximum absolute atomic E-state index is 12.8. The fraction of sp³-hybridized carbons (Fsp3) is 0.409. The molecule has 4 nitrogen and oxygen atoms in total. The normalized spacial score (nSPS) is 22.9. The number of carbonyl (C=O) groups is 1. The first-order valence-electron chi connectivity index (χ1n) is 9.54. The highest BCUT2D eigenvalue weighted by Gasteiger charge is 2.42. The Morgan fingerprint density at radius 1 is 1.04 bits per heavy atom. The van der Waals surface area contributed by atoms with Gasteiger partial charge in [0.1, 0.15) is 5.60 Å². The minimum atomic E-state index is -0.640. The maximum atomic E-state index is 12.8. The van der Waals surface area contributed by atoms with E-state index >= 15 is 0 Å². The van der Waals surface area contributed by atoms with Crippen LogP contribution in [0.15, 0.2) is 48.5 Å². The Morgan fingerprint density at radius 3 is 2.43 bits per heavy atom. The van der Waals surface area contributed by atoms with Gasteiger partial charge in [-0.3, -0.25) is 0 Å². The van der Waals surface area contributed by atoms with Crippen molar-refractivity contribution >= 4 is 30.0 Å². The second-order valence-electron chi connectivity index (χ2n) is 7.62.